The highest BCUT2D eigenvalue weighted by Crippen LogP contribution is 2.07. The number of hydrogen-bond acceptors (Lipinski definition) is 3. The summed E-state index contributed by atoms with van der Waals surface area (Å²) < 4.78 is 26.6. The van der Waals surface area contributed by atoms with Gasteiger partial charge in [0.1, 0.15) is 0 Å². The summed E-state index contributed by atoms with van der Waals surface area (Å²) in [6, 6.07) is 0.0670. The van der Waals surface area contributed by atoms with Crippen molar-refractivity contribution in [2.24, 2.45) is 0 Å². The number of hydrogen-bond donors (Lipinski definition) is 1. The largest absolute Gasteiger partial charge is 0.305 e. The van der Waals surface area contributed by atoms with Gasteiger partial charge in [0.15, 0.2) is 0 Å². The molecule has 1 saturated heterocycles. The maximum atomic E-state index is 11.4. The Kier molecular flexibility index (Phi) is 3.28. The molecule has 0 aromatic carbocycles. The SMILES string of the molecule is CN1CCC(NS(=O)(=O)N(C)C)C1. The molecule has 5 nitrogen and oxygen atoms in total. The lowest BCUT2D eigenvalue weighted by molar-refractivity contribution is 0.404. The van der Waals surface area contributed by atoms with E-state index in [-0.39, 0.29) is 6.04 Å². The second-order valence-corrected chi connectivity index (χ2v) is 5.57. The molecule has 0 spiro atoms. The third kappa shape index (κ3) is 2.91. The van der Waals surface area contributed by atoms with Crippen molar-refractivity contribution in [3.63, 3.8) is 0 Å². The number of likely N-dealkylation sites (tertiary alicyclic amines) is 1. The van der Waals surface area contributed by atoms with E-state index in [1.165, 1.54) is 18.4 Å². The summed E-state index contributed by atoms with van der Waals surface area (Å²) in [6.45, 7) is 1.76. The Morgan fingerprint density at radius 2 is 2.08 bits per heavy atom. The van der Waals surface area contributed by atoms with Gasteiger partial charge in [0.05, 0.1) is 0 Å². The standard InChI is InChI=1S/C7H17N3O2S/c1-9(2)13(11,12)8-7-4-5-10(3)6-7/h7-8H,4-6H2,1-3H3. The van der Waals surface area contributed by atoms with E-state index in [1.54, 1.807) is 0 Å². The highest BCUT2D eigenvalue weighted by molar-refractivity contribution is 7.87. The van der Waals surface area contributed by atoms with Crippen LogP contribution in [0, 0.1) is 0 Å². The number of nitrogens with one attached hydrogen (secondary N) is 1. The first-order chi connectivity index (χ1) is 5.92. The van der Waals surface area contributed by atoms with Gasteiger partial charge in [-0.25, -0.2) is 0 Å². The molecular weight excluding hydrogens is 190 g/mol. The van der Waals surface area contributed by atoms with Crippen LogP contribution in [0.2, 0.25) is 0 Å². The van der Waals surface area contributed by atoms with Gasteiger partial charge in [-0.05, 0) is 20.0 Å². The first kappa shape index (κ1) is 10.9. The van der Waals surface area contributed by atoms with Gasteiger partial charge in [0, 0.05) is 26.7 Å². The molecule has 1 rings (SSSR count). The molecule has 1 aliphatic heterocycles. The third-order valence-electron chi connectivity index (χ3n) is 2.19. The number of nitrogens with zero attached hydrogens (tertiary/aromatic N) is 2. The Morgan fingerprint density at radius 1 is 1.46 bits per heavy atom. The quantitative estimate of drug-likeness (QED) is 0.651. The van der Waals surface area contributed by atoms with Crippen LogP contribution < -0.4 is 4.72 Å². The van der Waals surface area contributed by atoms with Gasteiger partial charge in [-0.2, -0.15) is 17.4 Å². The molecule has 1 N–H and O–H groups in total. The van der Waals surface area contributed by atoms with Crippen molar-refractivity contribution in [1.29, 1.82) is 0 Å². The topological polar surface area (TPSA) is 52.7 Å². The smallest absolute Gasteiger partial charge is 0.279 e. The van der Waals surface area contributed by atoms with E-state index in [0.29, 0.717) is 0 Å². The maximum Gasteiger partial charge on any atom is 0.279 e. The summed E-state index contributed by atoms with van der Waals surface area (Å²) in [4.78, 5) is 2.11. The fraction of sp³-hybridized carbons (Fsp3) is 1.00. The van der Waals surface area contributed by atoms with Gasteiger partial charge < -0.3 is 4.90 Å². The summed E-state index contributed by atoms with van der Waals surface area (Å²) in [5.41, 5.74) is 0. The Labute approximate surface area is 79.9 Å². The molecule has 0 radical (unpaired) electrons. The van der Waals surface area contributed by atoms with E-state index in [1.807, 2.05) is 7.05 Å². The summed E-state index contributed by atoms with van der Waals surface area (Å²) >= 11 is 0. The fourth-order valence-corrected chi connectivity index (χ4v) is 2.17. The van der Waals surface area contributed by atoms with Crippen LogP contribution in [0.5, 0.6) is 0 Å². The van der Waals surface area contributed by atoms with Crippen LogP contribution in [-0.2, 0) is 10.2 Å². The molecule has 0 saturated carbocycles. The van der Waals surface area contributed by atoms with E-state index >= 15 is 0 Å². The van der Waals surface area contributed by atoms with Crippen LogP contribution in [0.25, 0.3) is 0 Å². The summed E-state index contributed by atoms with van der Waals surface area (Å²) in [7, 11) is 1.80. The average molecular weight is 207 g/mol. The first-order valence-electron chi connectivity index (χ1n) is 4.30. The number of rotatable bonds is 3. The van der Waals surface area contributed by atoms with Crippen LogP contribution in [0.3, 0.4) is 0 Å². The van der Waals surface area contributed by atoms with Crippen molar-refractivity contribution in [2.75, 3.05) is 34.2 Å². The van der Waals surface area contributed by atoms with Crippen molar-refractivity contribution >= 4 is 10.2 Å². The van der Waals surface area contributed by atoms with Gasteiger partial charge in [0.25, 0.3) is 10.2 Å². The maximum absolute atomic E-state index is 11.4. The van der Waals surface area contributed by atoms with Gasteiger partial charge in [0.2, 0.25) is 0 Å². The highest BCUT2D eigenvalue weighted by Gasteiger charge is 2.25. The molecule has 1 unspecified atom stereocenters. The Morgan fingerprint density at radius 3 is 2.46 bits per heavy atom. The zero-order chi connectivity index (χ0) is 10.1. The van der Waals surface area contributed by atoms with E-state index in [9.17, 15) is 8.42 Å². The van der Waals surface area contributed by atoms with Gasteiger partial charge in [-0.15, -0.1) is 0 Å². The minimum Gasteiger partial charge on any atom is -0.305 e. The third-order valence-corrected chi connectivity index (χ3v) is 3.78. The van der Waals surface area contributed by atoms with Crippen LogP contribution >= 0.6 is 0 Å². The molecule has 13 heavy (non-hydrogen) atoms. The average Bonchev–Trinajstić information content (AvgIpc) is 2.34. The molecule has 78 valence electrons. The molecule has 1 heterocycles. The highest BCUT2D eigenvalue weighted by atomic mass is 32.2. The van der Waals surface area contributed by atoms with Crippen molar-refractivity contribution < 1.29 is 8.42 Å². The molecular formula is C7H17N3O2S. The van der Waals surface area contributed by atoms with E-state index in [4.69, 9.17) is 0 Å². The molecule has 1 atom stereocenters. The zero-order valence-corrected chi connectivity index (χ0v) is 9.13. The summed E-state index contributed by atoms with van der Waals surface area (Å²) in [6.07, 6.45) is 0.892. The normalized spacial score (nSPS) is 25.7. The lowest BCUT2D eigenvalue weighted by Crippen LogP contribution is -2.43. The predicted octanol–water partition coefficient (Wildman–Crippen LogP) is -0.913. The Balaban J connectivity index is 2.50. The van der Waals surface area contributed by atoms with Crippen molar-refractivity contribution in [3.05, 3.63) is 0 Å². The Hall–Kier alpha value is -0.170. The van der Waals surface area contributed by atoms with E-state index in [2.05, 4.69) is 9.62 Å². The fourth-order valence-electron chi connectivity index (χ4n) is 1.35. The molecule has 1 aliphatic rings. The van der Waals surface area contributed by atoms with Crippen molar-refractivity contribution in [1.82, 2.24) is 13.9 Å². The minimum absolute atomic E-state index is 0.0670. The molecule has 0 aromatic rings. The monoisotopic (exact) mass is 207 g/mol. The lowest BCUT2D eigenvalue weighted by atomic mass is 10.3. The lowest BCUT2D eigenvalue weighted by Gasteiger charge is -2.16. The van der Waals surface area contributed by atoms with Crippen molar-refractivity contribution in [2.45, 2.75) is 12.5 Å². The predicted molar refractivity (Wildman–Crippen MR) is 51.6 cm³/mol. The van der Waals surface area contributed by atoms with Crippen LogP contribution in [-0.4, -0.2) is 57.9 Å². The molecule has 0 bridgehead atoms. The Bertz CT molecular complexity index is 263. The van der Waals surface area contributed by atoms with Gasteiger partial charge in [-0.3, -0.25) is 0 Å². The van der Waals surface area contributed by atoms with Crippen LogP contribution in [0.15, 0.2) is 0 Å². The van der Waals surface area contributed by atoms with Gasteiger partial charge in [-0.1, -0.05) is 0 Å². The zero-order valence-electron chi connectivity index (χ0n) is 8.32. The van der Waals surface area contributed by atoms with Crippen molar-refractivity contribution in [3.8, 4) is 0 Å². The van der Waals surface area contributed by atoms with E-state index in [0.717, 1.165) is 19.5 Å². The minimum atomic E-state index is -3.25. The van der Waals surface area contributed by atoms with Crippen LogP contribution in [0.1, 0.15) is 6.42 Å². The van der Waals surface area contributed by atoms with E-state index < -0.39 is 10.2 Å². The van der Waals surface area contributed by atoms with Gasteiger partial charge >= 0.3 is 0 Å². The summed E-state index contributed by atoms with van der Waals surface area (Å²) in [5.74, 6) is 0. The molecule has 0 aromatic heterocycles. The summed E-state index contributed by atoms with van der Waals surface area (Å²) in [5, 5.41) is 0. The molecule has 6 heteroatoms. The molecule has 0 amide bonds. The number of likely N-dealkylation sites (N-methyl/N-ethyl adjacent to an activating group) is 1. The second-order valence-electron chi connectivity index (χ2n) is 3.65. The molecule has 0 aliphatic carbocycles. The van der Waals surface area contributed by atoms with Crippen LogP contribution in [0.4, 0.5) is 0 Å². The molecule has 1 fully saturated rings. The second kappa shape index (κ2) is 3.91. The first-order valence-corrected chi connectivity index (χ1v) is 5.74.